The molecular formula is C46H43BN2O2. The Morgan fingerprint density at radius 2 is 1.16 bits per heavy atom. The topological polar surface area (TPSA) is 32.8 Å². The SMILES string of the molecule is Cc1cc2c3c(c1)N(c1ccc(C(C)(C)C)cc1)c1oc4oc5ccc6cc5c4c1B3c1cc(ccc1N2c1ccc(C(C)(C)C)cc1)C6(C)C. The Bertz CT molecular complexity index is 2570. The predicted molar refractivity (Wildman–Crippen MR) is 214 cm³/mol. The lowest BCUT2D eigenvalue weighted by Gasteiger charge is -2.43. The first-order chi connectivity index (χ1) is 24.2. The molecule has 51 heavy (non-hydrogen) atoms. The Morgan fingerprint density at radius 1 is 0.588 bits per heavy atom. The van der Waals surface area contributed by atoms with Gasteiger partial charge in [0.2, 0.25) is 5.88 Å². The molecule has 252 valence electrons. The van der Waals surface area contributed by atoms with Gasteiger partial charge < -0.3 is 13.7 Å². The van der Waals surface area contributed by atoms with Gasteiger partial charge in [-0.25, -0.2) is 0 Å². The van der Waals surface area contributed by atoms with Crippen LogP contribution in [0.25, 0.3) is 22.1 Å². The van der Waals surface area contributed by atoms with E-state index in [0.717, 1.165) is 39.3 Å². The first-order valence-corrected chi connectivity index (χ1v) is 18.3. The summed E-state index contributed by atoms with van der Waals surface area (Å²) in [7, 11) is 0. The Morgan fingerprint density at radius 3 is 1.78 bits per heavy atom. The second-order valence-corrected chi connectivity index (χ2v) is 17.6. The van der Waals surface area contributed by atoms with Crippen molar-refractivity contribution in [3.05, 3.63) is 125 Å². The molecule has 0 saturated heterocycles. The van der Waals surface area contributed by atoms with E-state index in [9.17, 15) is 0 Å². The molecule has 3 aliphatic rings. The number of benzene rings is 5. The fraction of sp³-hybridized carbons (Fsp3) is 0.261. The van der Waals surface area contributed by atoms with Crippen LogP contribution >= 0.6 is 0 Å². The molecule has 0 amide bonds. The molecule has 5 aromatic carbocycles. The number of fused-ring (bicyclic) bond motifs is 2. The zero-order valence-corrected chi connectivity index (χ0v) is 31.0. The van der Waals surface area contributed by atoms with E-state index in [1.807, 2.05) is 0 Å². The van der Waals surface area contributed by atoms with Gasteiger partial charge in [-0.2, -0.15) is 0 Å². The lowest BCUT2D eigenvalue weighted by Crippen LogP contribution is -2.61. The van der Waals surface area contributed by atoms with Gasteiger partial charge in [0.25, 0.3) is 12.5 Å². The maximum Gasteiger partial charge on any atom is 0.299 e. The van der Waals surface area contributed by atoms with Crippen molar-refractivity contribution in [2.75, 3.05) is 9.80 Å². The van der Waals surface area contributed by atoms with Crippen molar-refractivity contribution >= 4 is 79.6 Å². The third kappa shape index (κ3) is 4.15. The molecule has 3 aliphatic heterocycles. The third-order valence-electron chi connectivity index (χ3n) is 11.9. The summed E-state index contributed by atoms with van der Waals surface area (Å²) in [4.78, 5) is 4.85. The van der Waals surface area contributed by atoms with Crippen LogP contribution in [0.2, 0.25) is 0 Å². The van der Waals surface area contributed by atoms with Crippen molar-refractivity contribution in [3.8, 4) is 0 Å². The highest BCUT2D eigenvalue weighted by Gasteiger charge is 2.48. The molecule has 4 nitrogen and oxygen atoms in total. The minimum Gasteiger partial charge on any atom is -0.425 e. The van der Waals surface area contributed by atoms with Crippen LogP contribution in [0.3, 0.4) is 0 Å². The summed E-state index contributed by atoms with van der Waals surface area (Å²) < 4.78 is 13.5. The van der Waals surface area contributed by atoms with Crippen LogP contribution in [0.5, 0.6) is 0 Å². The standard InChI is InChI=1S/C46H43BN2O2/c1-26-22-36-40-37(23-26)49(32-18-12-28(13-19-32)45(5,6)7)42-41-39-33-24-29(15-21-38(33)50-43(39)51-42)46(8,9)30-14-20-35(34(25-30)47(40)41)48(36)31-16-10-27(11-17-31)44(2,3)4/h10-25H,1-9H3. The lowest BCUT2D eigenvalue weighted by molar-refractivity contribution is 0.504. The molecule has 4 bridgehead atoms. The Labute approximate surface area is 300 Å². The molecule has 0 radical (unpaired) electrons. The minimum atomic E-state index is -0.220. The number of aryl methyl sites for hydroxylation is 1. The minimum absolute atomic E-state index is 0.0460. The van der Waals surface area contributed by atoms with Crippen molar-refractivity contribution in [2.45, 2.75) is 78.6 Å². The molecule has 0 saturated carbocycles. The summed E-state index contributed by atoms with van der Waals surface area (Å²) in [5, 5.41) is 2.20. The van der Waals surface area contributed by atoms with Crippen LogP contribution in [0, 0.1) is 6.92 Å². The summed E-state index contributed by atoms with van der Waals surface area (Å²) >= 11 is 0. The number of nitrogens with zero attached hydrogens (tertiary/aromatic N) is 2. The van der Waals surface area contributed by atoms with E-state index in [-0.39, 0.29) is 23.0 Å². The fourth-order valence-corrected chi connectivity index (χ4v) is 8.89. The zero-order valence-electron chi connectivity index (χ0n) is 31.0. The fourth-order valence-electron chi connectivity index (χ4n) is 8.89. The van der Waals surface area contributed by atoms with E-state index in [0.29, 0.717) is 5.78 Å². The van der Waals surface area contributed by atoms with E-state index >= 15 is 0 Å². The second kappa shape index (κ2) is 9.79. The maximum atomic E-state index is 6.96. The quantitative estimate of drug-likeness (QED) is 0.172. The van der Waals surface area contributed by atoms with E-state index in [4.69, 9.17) is 8.83 Å². The van der Waals surface area contributed by atoms with Crippen LogP contribution in [0.1, 0.15) is 83.2 Å². The number of hydrogen-bond acceptors (Lipinski definition) is 4. The highest BCUT2D eigenvalue weighted by molar-refractivity contribution is 7.01. The van der Waals surface area contributed by atoms with Gasteiger partial charge in [0.1, 0.15) is 5.58 Å². The zero-order chi connectivity index (χ0) is 35.4. The molecule has 10 rings (SSSR count). The summed E-state index contributed by atoms with van der Waals surface area (Å²) in [6.07, 6.45) is 0. The molecule has 0 N–H and O–H groups in total. The van der Waals surface area contributed by atoms with Gasteiger partial charge in [-0.05, 0) is 111 Å². The normalized spacial score (nSPS) is 15.6. The molecule has 2 aromatic heterocycles. The third-order valence-corrected chi connectivity index (χ3v) is 11.9. The van der Waals surface area contributed by atoms with E-state index < -0.39 is 0 Å². The van der Waals surface area contributed by atoms with Gasteiger partial charge in [0, 0.05) is 44.7 Å². The smallest absolute Gasteiger partial charge is 0.299 e. The van der Waals surface area contributed by atoms with Crippen molar-refractivity contribution in [1.82, 2.24) is 0 Å². The number of anilines is 6. The predicted octanol–water partition coefficient (Wildman–Crippen LogP) is 10.8. The first-order valence-electron chi connectivity index (χ1n) is 18.3. The summed E-state index contributed by atoms with van der Waals surface area (Å²) in [5.74, 6) is 1.43. The molecule has 0 aliphatic carbocycles. The van der Waals surface area contributed by atoms with Crippen LogP contribution in [-0.2, 0) is 16.2 Å². The van der Waals surface area contributed by atoms with Crippen LogP contribution in [-0.4, -0.2) is 6.71 Å². The van der Waals surface area contributed by atoms with Crippen LogP contribution in [0.15, 0.2) is 106 Å². The lowest BCUT2D eigenvalue weighted by atomic mass is 9.33. The maximum absolute atomic E-state index is 6.96. The van der Waals surface area contributed by atoms with Crippen molar-refractivity contribution in [3.63, 3.8) is 0 Å². The Hall–Kier alpha value is -5.16. The van der Waals surface area contributed by atoms with Gasteiger partial charge in [0.15, 0.2) is 0 Å². The highest BCUT2D eigenvalue weighted by atomic mass is 16.5. The van der Waals surface area contributed by atoms with Crippen molar-refractivity contribution in [2.24, 2.45) is 0 Å². The largest absolute Gasteiger partial charge is 0.425 e. The summed E-state index contributed by atoms with van der Waals surface area (Å²) in [6.45, 7) is 20.5. The average Bonchev–Trinajstić information content (AvgIpc) is 3.63. The average molecular weight is 667 g/mol. The molecule has 5 heteroatoms. The monoisotopic (exact) mass is 666 g/mol. The highest BCUT2D eigenvalue weighted by Crippen LogP contribution is 2.49. The van der Waals surface area contributed by atoms with Gasteiger partial charge in [-0.3, -0.25) is 4.90 Å². The first kappa shape index (κ1) is 30.7. The van der Waals surface area contributed by atoms with Crippen LogP contribution in [0.4, 0.5) is 34.3 Å². The summed E-state index contributed by atoms with van der Waals surface area (Å²) in [5.41, 5.74) is 16.7. The molecule has 0 atom stereocenters. The van der Waals surface area contributed by atoms with Gasteiger partial charge >= 0.3 is 0 Å². The molecule has 0 unspecified atom stereocenters. The van der Waals surface area contributed by atoms with E-state index in [2.05, 4.69) is 169 Å². The van der Waals surface area contributed by atoms with Crippen molar-refractivity contribution in [1.29, 1.82) is 0 Å². The van der Waals surface area contributed by atoms with E-state index in [1.165, 1.54) is 55.6 Å². The molecule has 7 aromatic rings. The molecule has 0 fully saturated rings. The Kier molecular flexibility index (Phi) is 5.88. The number of rotatable bonds is 2. The number of hydrogen-bond donors (Lipinski definition) is 0. The van der Waals surface area contributed by atoms with Gasteiger partial charge in [0.05, 0.1) is 5.39 Å². The molecule has 5 heterocycles. The van der Waals surface area contributed by atoms with E-state index in [1.54, 1.807) is 0 Å². The second-order valence-electron chi connectivity index (χ2n) is 17.6. The number of furan rings is 2. The molecular weight excluding hydrogens is 623 g/mol. The van der Waals surface area contributed by atoms with Crippen molar-refractivity contribution < 1.29 is 8.83 Å². The van der Waals surface area contributed by atoms with Gasteiger partial charge in [-0.1, -0.05) is 97.9 Å². The molecule has 0 spiro atoms. The van der Waals surface area contributed by atoms with Crippen LogP contribution < -0.4 is 26.2 Å². The Balaban J connectivity index is 1.34. The summed E-state index contributed by atoms with van der Waals surface area (Å²) in [6, 6.07) is 36.9. The van der Waals surface area contributed by atoms with Gasteiger partial charge in [-0.15, -0.1) is 0 Å².